The number of hydrogen-bond acceptors (Lipinski definition) is 8. The standard InChI is InChI=1S/C31H27ClN4O5/c1-18-14-21(11-12-24(18)36(38)39)41-17-20-15-19(10-13-28(20)40-2)29-22(16-33)31(34)35(25-7-4-3-6-23(25)32)26-8-5-9-27(37)30(26)29/h3-4,6-7,10-15,29H,5,8-9,17,34H2,1-2H3/t29-/m1/s1. The Balaban J connectivity index is 1.57. The Morgan fingerprint density at radius 2 is 1.95 bits per heavy atom. The normalized spacial score (nSPS) is 16.8. The number of para-hydroxylation sites is 1. The summed E-state index contributed by atoms with van der Waals surface area (Å²) < 4.78 is 11.5. The number of methoxy groups -OCH3 is 1. The highest BCUT2D eigenvalue weighted by Crippen LogP contribution is 2.47. The number of nitriles is 1. The molecule has 0 spiro atoms. The summed E-state index contributed by atoms with van der Waals surface area (Å²) in [6, 6.07) is 19.5. The van der Waals surface area contributed by atoms with E-state index in [9.17, 15) is 20.2 Å². The van der Waals surface area contributed by atoms with Gasteiger partial charge in [0, 0.05) is 34.9 Å². The van der Waals surface area contributed by atoms with Gasteiger partial charge in [-0.1, -0.05) is 29.8 Å². The van der Waals surface area contributed by atoms with Gasteiger partial charge in [0.25, 0.3) is 5.69 Å². The third kappa shape index (κ3) is 5.10. The molecular formula is C31H27ClN4O5. The van der Waals surface area contributed by atoms with Gasteiger partial charge in [-0.3, -0.25) is 19.8 Å². The number of nitrogens with zero attached hydrogens (tertiary/aromatic N) is 3. The smallest absolute Gasteiger partial charge is 0.272 e. The van der Waals surface area contributed by atoms with Crippen molar-refractivity contribution in [2.75, 3.05) is 12.0 Å². The van der Waals surface area contributed by atoms with Crippen LogP contribution in [0, 0.1) is 28.4 Å². The number of benzene rings is 3. The van der Waals surface area contributed by atoms with Gasteiger partial charge in [-0.15, -0.1) is 0 Å². The molecule has 0 fully saturated rings. The molecule has 0 aromatic heterocycles. The molecule has 0 radical (unpaired) electrons. The minimum absolute atomic E-state index is 0.00898. The highest BCUT2D eigenvalue weighted by molar-refractivity contribution is 6.33. The fourth-order valence-electron chi connectivity index (χ4n) is 5.50. The zero-order valence-electron chi connectivity index (χ0n) is 22.5. The van der Waals surface area contributed by atoms with E-state index in [1.165, 1.54) is 6.07 Å². The highest BCUT2D eigenvalue weighted by atomic mass is 35.5. The zero-order valence-corrected chi connectivity index (χ0v) is 23.3. The lowest BCUT2D eigenvalue weighted by Gasteiger charge is -2.40. The van der Waals surface area contributed by atoms with Gasteiger partial charge in [0.15, 0.2) is 5.78 Å². The number of halogens is 1. The molecule has 0 saturated heterocycles. The molecule has 0 amide bonds. The summed E-state index contributed by atoms with van der Waals surface area (Å²) >= 11 is 6.54. The first kappa shape index (κ1) is 27.7. The number of carbonyl (C=O) groups excluding carboxylic acids is 1. The first-order valence-corrected chi connectivity index (χ1v) is 13.4. The van der Waals surface area contributed by atoms with Crippen LogP contribution in [-0.2, 0) is 11.4 Å². The van der Waals surface area contributed by atoms with Crippen LogP contribution < -0.4 is 20.1 Å². The molecule has 41 heavy (non-hydrogen) atoms. The number of ketones is 1. The minimum atomic E-state index is -0.673. The molecule has 0 bridgehead atoms. The monoisotopic (exact) mass is 570 g/mol. The zero-order chi connectivity index (χ0) is 29.3. The fraction of sp³-hybridized carbons (Fsp3) is 0.226. The lowest BCUT2D eigenvalue weighted by Crippen LogP contribution is -2.38. The van der Waals surface area contributed by atoms with E-state index in [-0.39, 0.29) is 29.5 Å². The Morgan fingerprint density at radius 1 is 1.17 bits per heavy atom. The number of hydrogen-bond donors (Lipinski definition) is 1. The van der Waals surface area contributed by atoms with Crippen LogP contribution in [0.5, 0.6) is 11.5 Å². The quantitative estimate of drug-likeness (QED) is 0.253. The van der Waals surface area contributed by atoms with Gasteiger partial charge in [0.2, 0.25) is 0 Å². The number of ether oxygens (including phenoxy) is 2. The van der Waals surface area contributed by atoms with Crippen molar-refractivity contribution in [3.63, 3.8) is 0 Å². The van der Waals surface area contributed by atoms with Crippen molar-refractivity contribution in [3.8, 4) is 17.6 Å². The maximum Gasteiger partial charge on any atom is 0.272 e. The molecule has 1 heterocycles. The summed E-state index contributed by atoms with van der Waals surface area (Å²) in [5.41, 5.74) is 10.7. The number of carbonyl (C=O) groups is 1. The highest BCUT2D eigenvalue weighted by Gasteiger charge is 2.41. The third-order valence-corrected chi connectivity index (χ3v) is 7.72. The summed E-state index contributed by atoms with van der Waals surface area (Å²) in [7, 11) is 1.54. The molecule has 1 atom stereocenters. The molecule has 9 nitrogen and oxygen atoms in total. The summed E-state index contributed by atoms with van der Waals surface area (Å²) in [5.74, 6) is 0.536. The van der Waals surface area contributed by atoms with Crippen LogP contribution in [0.15, 0.2) is 83.3 Å². The largest absolute Gasteiger partial charge is 0.496 e. The predicted molar refractivity (Wildman–Crippen MR) is 155 cm³/mol. The molecule has 1 aliphatic carbocycles. The van der Waals surface area contributed by atoms with Gasteiger partial charge in [0.1, 0.15) is 23.9 Å². The van der Waals surface area contributed by atoms with E-state index >= 15 is 0 Å². The molecule has 0 unspecified atom stereocenters. The predicted octanol–water partition coefficient (Wildman–Crippen LogP) is 6.45. The molecule has 0 saturated carbocycles. The second-order valence-electron chi connectivity index (χ2n) is 9.83. The Hall–Kier alpha value is -4.81. The van der Waals surface area contributed by atoms with Gasteiger partial charge in [-0.05, 0) is 61.7 Å². The van der Waals surface area contributed by atoms with Crippen molar-refractivity contribution < 1.29 is 19.2 Å². The first-order chi connectivity index (χ1) is 19.7. The Kier molecular flexibility index (Phi) is 7.68. The molecule has 208 valence electrons. The van der Waals surface area contributed by atoms with Crippen LogP contribution in [0.2, 0.25) is 5.02 Å². The number of nitro benzene ring substituents is 1. The van der Waals surface area contributed by atoms with Gasteiger partial charge in [-0.2, -0.15) is 5.26 Å². The molecule has 2 aliphatic rings. The molecule has 1 aliphatic heterocycles. The average Bonchev–Trinajstić information content (AvgIpc) is 2.96. The number of rotatable bonds is 7. The van der Waals surface area contributed by atoms with E-state index in [1.807, 2.05) is 30.3 Å². The Labute approximate surface area is 242 Å². The summed E-state index contributed by atoms with van der Waals surface area (Å²) in [6.07, 6.45) is 1.64. The number of Topliss-reactive ketones (excluding diaryl/α,β-unsaturated/α-hetero) is 1. The lowest BCUT2D eigenvalue weighted by molar-refractivity contribution is -0.385. The van der Waals surface area contributed by atoms with E-state index in [0.717, 1.165) is 5.70 Å². The van der Waals surface area contributed by atoms with E-state index in [0.29, 0.717) is 63.7 Å². The van der Waals surface area contributed by atoms with Crippen LogP contribution in [0.3, 0.4) is 0 Å². The Morgan fingerprint density at radius 3 is 2.63 bits per heavy atom. The van der Waals surface area contributed by atoms with Crippen molar-refractivity contribution in [1.29, 1.82) is 5.26 Å². The maximum absolute atomic E-state index is 13.5. The summed E-state index contributed by atoms with van der Waals surface area (Å²) in [4.78, 5) is 26.0. The fourth-order valence-corrected chi connectivity index (χ4v) is 5.72. The van der Waals surface area contributed by atoms with Gasteiger partial charge >= 0.3 is 0 Å². The van der Waals surface area contributed by atoms with E-state index in [2.05, 4.69) is 6.07 Å². The maximum atomic E-state index is 13.5. The van der Waals surface area contributed by atoms with Crippen LogP contribution in [0.4, 0.5) is 11.4 Å². The van der Waals surface area contributed by atoms with E-state index in [4.69, 9.17) is 26.8 Å². The van der Waals surface area contributed by atoms with Crippen LogP contribution >= 0.6 is 11.6 Å². The average molecular weight is 571 g/mol. The second kappa shape index (κ2) is 11.4. The lowest BCUT2D eigenvalue weighted by atomic mass is 9.75. The second-order valence-corrected chi connectivity index (χ2v) is 10.2. The van der Waals surface area contributed by atoms with Crippen molar-refractivity contribution in [3.05, 3.63) is 115 Å². The molecule has 5 rings (SSSR count). The molecule has 10 heteroatoms. The molecule has 3 aromatic rings. The SMILES string of the molecule is COc1ccc([C@@H]2C(C#N)=C(N)N(c3ccccc3Cl)C3=C2C(=O)CCC3)cc1COc1ccc([N+](=O)[O-])c(C)c1. The summed E-state index contributed by atoms with van der Waals surface area (Å²) in [5, 5.41) is 22.0. The van der Waals surface area contributed by atoms with Gasteiger partial charge in [-0.25, -0.2) is 0 Å². The van der Waals surface area contributed by atoms with E-state index < -0.39 is 10.8 Å². The van der Waals surface area contributed by atoms with Crippen molar-refractivity contribution >= 4 is 28.8 Å². The van der Waals surface area contributed by atoms with Crippen LogP contribution in [0.1, 0.15) is 41.9 Å². The molecule has 2 N–H and O–H groups in total. The van der Waals surface area contributed by atoms with Crippen LogP contribution in [-0.4, -0.2) is 17.8 Å². The Bertz CT molecular complexity index is 1670. The van der Waals surface area contributed by atoms with Crippen LogP contribution in [0.25, 0.3) is 0 Å². The molecular weight excluding hydrogens is 544 g/mol. The van der Waals surface area contributed by atoms with Gasteiger partial charge < -0.3 is 15.2 Å². The topological polar surface area (TPSA) is 132 Å². The summed E-state index contributed by atoms with van der Waals surface area (Å²) in [6.45, 7) is 1.74. The van der Waals surface area contributed by atoms with Crippen molar-refractivity contribution in [2.24, 2.45) is 5.73 Å². The minimum Gasteiger partial charge on any atom is -0.496 e. The number of nitro groups is 1. The number of anilines is 1. The van der Waals surface area contributed by atoms with Gasteiger partial charge in [0.05, 0.1) is 40.3 Å². The van der Waals surface area contributed by atoms with Crippen molar-refractivity contribution in [1.82, 2.24) is 0 Å². The number of allylic oxidation sites excluding steroid dienone is 3. The first-order valence-electron chi connectivity index (χ1n) is 13.0. The third-order valence-electron chi connectivity index (χ3n) is 7.40. The number of nitrogens with two attached hydrogens (primary N) is 1. The molecule has 3 aromatic carbocycles. The van der Waals surface area contributed by atoms with Crippen molar-refractivity contribution in [2.45, 2.75) is 38.7 Å². The van der Waals surface area contributed by atoms with E-state index in [1.54, 1.807) is 43.2 Å². The number of aryl methyl sites for hydroxylation is 1.